The van der Waals surface area contributed by atoms with Gasteiger partial charge in [0.05, 0.1) is 18.4 Å². The number of benzene rings is 3. The van der Waals surface area contributed by atoms with Crippen LogP contribution in [-0.2, 0) is 20.9 Å². The number of hydrogen-bond acceptors (Lipinski definition) is 7. The lowest BCUT2D eigenvalue weighted by atomic mass is 10.1. The van der Waals surface area contributed by atoms with Crippen molar-refractivity contribution in [1.82, 2.24) is 14.8 Å². The van der Waals surface area contributed by atoms with E-state index in [2.05, 4.69) is 10.2 Å². The predicted molar refractivity (Wildman–Crippen MR) is 125 cm³/mol. The first kappa shape index (κ1) is 22.3. The van der Waals surface area contributed by atoms with Crippen LogP contribution in [0.15, 0.2) is 90.1 Å². The Morgan fingerprint density at radius 1 is 0.909 bits per heavy atom. The molecular formula is C25H21N3O4S. The highest BCUT2D eigenvalue weighted by atomic mass is 32.2. The molecule has 4 rings (SSSR count). The van der Waals surface area contributed by atoms with E-state index in [1.165, 1.54) is 18.9 Å². The number of aromatic nitrogens is 3. The van der Waals surface area contributed by atoms with Gasteiger partial charge in [0.15, 0.2) is 11.0 Å². The van der Waals surface area contributed by atoms with E-state index >= 15 is 0 Å². The lowest BCUT2D eigenvalue weighted by molar-refractivity contribution is -0.141. The maximum absolute atomic E-state index is 12.4. The molecule has 0 saturated carbocycles. The summed E-state index contributed by atoms with van der Waals surface area (Å²) in [5.41, 5.74) is 2.94. The standard InChI is InChI=1S/C25H21N3O4S/c1-31-24(30)20-12-8-9-18(15-20)16-32-22(29)17-33-25-27-26-23(19-10-4-2-5-11-19)28(25)21-13-6-3-7-14-21/h2-15H,16-17H2,1H3. The van der Waals surface area contributed by atoms with E-state index in [-0.39, 0.29) is 12.4 Å². The van der Waals surface area contributed by atoms with E-state index in [1.807, 2.05) is 65.2 Å². The summed E-state index contributed by atoms with van der Waals surface area (Å²) in [6.07, 6.45) is 0. The Hall–Kier alpha value is -3.91. The van der Waals surface area contributed by atoms with Crippen LogP contribution in [0.4, 0.5) is 0 Å². The predicted octanol–water partition coefficient (Wildman–Crippen LogP) is 4.56. The Morgan fingerprint density at radius 2 is 1.64 bits per heavy atom. The van der Waals surface area contributed by atoms with Crippen molar-refractivity contribution in [1.29, 1.82) is 0 Å². The number of nitrogens with zero attached hydrogens (tertiary/aromatic N) is 3. The van der Waals surface area contributed by atoms with E-state index in [1.54, 1.807) is 24.3 Å². The minimum absolute atomic E-state index is 0.0604. The molecular weight excluding hydrogens is 438 g/mol. The average Bonchev–Trinajstić information content (AvgIpc) is 3.31. The summed E-state index contributed by atoms with van der Waals surface area (Å²) in [5, 5.41) is 9.27. The zero-order valence-electron chi connectivity index (χ0n) is 17.9. The number of thioether (sulfide) groups is 1. The van der Waals surface area contributed by atoms with Crippen molar-refractivity contribution in [3.05, 3.63) is 96.1 Å². The van der Waals surface area contributed by atoms with Gasteiger partial charge in [-0.3, -0.25) is 9.36 Å². The fraction of sp³-hybridized carbons (Fsp3) is 0.120. The minimum atomic E-state index is -0.437. The van der Waals surface area contributed by atoms with Gasteiger partial charge in [-0.05, 0) is 29.8 Å². The van der Waals surface area contributed by atoms with Crippen LogP contribution in [-0.4, -0.2) is 39.6 Å². The molecule has 0 aliphatic heterocycles. The summed E-state index contributed by atoms with van der Waals surface area (Å²) in [6.45, 7) is 0.0604. The molecule has 0 N–H and O–H groups in total. The molecule has 7 nitrogen and oxygen atoms in total. The van der Waals surface area contributed by atoms with E-state index in [9.17, 15) is 9.59 Å². The van der Waals surface area contributed by atoms with Gasteiger partial charge in [0.2, 0.25) is 0 Å². The summed E-state index contributed by atoms with van der Waals surface area (Å²) in [6, 6.07) is 26.3. The quantitative estimate of drug-likeness (QED) is 0.282. The number of para-hydroxylation sites is 1. The molecule has 0 atom stereocenters. The fourth-order valence-corrected chi connectivity index (χ4v) is 3.93. The molecule has 0 aliphatic rings. The van der Waals surface area contributed by atoms with Gasteiger partial charge in [0.1, 0.15) is 6.61 Å². The molecule has 0 unspecified atom stereocenters. The minimum Gasteiger partial charge on any atom is -0.465 e. The SMILES string of the molecule is COC(=O)c1cccc(COC(=O)CSc2nnc(-c3ccccc3)n2-c2ccccc2)c1. The molecule has 0 spiro atoms. The summed E-state index contributed by atoms with van der Waals surface area (Å²) in [4.78, 5) is 24.1. The van der Waals surface area contributed by atoms with Crippen LogP contribution in [0.2, 0.25) is 0 Å². The molecule has 3 aromatic carbocycles. The van der Waals surface area contributed by atoms with Gasteiger partial charge in [0.25, 0.3) is 0 Å². The maximum Gasteiger partial charge on any atom is 0.337 e. The number of carbonyl (C=O) groups excluding carboxylic acids is 2. The van der Waals surface area contributed by atoms with Gasteiger partial charge in [-0.15, -0.1) is 10.2 Å². The number of methoxy groups -OCH3 is 1. The van der Waals surface area contributed by atoms with Crippen LogP contribution in [0, 0.1) is 0 Å². The van der Waals surface area contributed by atoms with Gasteiger partial charge in [-0.25, -0.2) is 4.79 Å². The smallest absolute Gasteiger partial charge is 0.337 e. The van der Waals surface area contributed by atoms with Gasteiger partial charge < -0.3 is 9.47 Å². The summed E-state index contributed by atoms with van der Waals surface area (Å²) in [5.74, 6) is -0.0750. The third kappa shape index (κ3) is 5.48. The van der Waals surface area contributed by atoms with Crippen molar-refractivity contribution < 1.29 is 19.1 Å². The van der Waals surface area contributed by atoms with Gasteiger partial charge in [0, 0.05) is 11.3 Å². The normalized spacial score (nSPS) is 10.6. The van der Waals surface area contributed by atoms with Gasteiger partial charge in [-0.2, -0.15) is 0 Å². The van der Waals surface area contributed by atoms with Crippen LogP contribution in [0.5, 0.6) is 0 Å². The highest BCUT2D eigenvalue weighted by molar-refractivity contribution is 7.99. The van der Waals surface area contributed by atoms with E-state index in [0.717, 1.165) is 11.3 Å². The number of ether oxygens (including phenoxy) is 2. The van der Waals surface area contributed by atoms with E-state index in [0.29, 0.717) is 22.1 Å². The number of hydrogen-bond donors (Lipinski definition) is 0. The highest BCUT2D eigenvalue weighted by Crippen LogP contribution is 2.28. The number of rotatable bonds is 8. The Labute approximate surface area is 195 Å². The zero-order valence-corrected chi connectivity index (χ0v) is 18.7. The molecule has 0 radical (unpaired) electrons. The van der Waals surface area contributed by atoms with Crippen LogP contribution < -0.4 is 0 Å². The number of carbonyl (C=O) groups is 2. The first-order chi connectivity index (χ1) is 16.2. The molecule has 0 amide bonds. The first-order valence-electron chi connectivity index (χ1n) is 10.2. The molecule has 33 heavy (non-hydrogen) atoms. The zero-order chi connectivity index (χ0) is 23.0. The van der Waals surface area contributed by atoms with Gasteiger partial charge >= 0.3 is 11.9 Å². The average molecular weight is 460 g/mol. The van der Waals surface area contributed by atoms with Crippen molar-refractivity contribution in [3.8, 4) is 17.1 Å². The molecule has 0 aliphatic carbocycles. The molecule has 0 fully saturated rings. The third-order valence-corrected chi connectivity index (χ3v) is 5.65. The van der Waals surface area contributed by atoms with Crippen molar-refractivity contribution in [2.75, 3.05) is 12.9 Å². The monoisotopic (exact) mass is 459 g/mol. The molecule has 0 bridgehead atoms. The van der Waals surface area contributed by atoms with Crippen molar-refractivity contribution in [3.63, 3.8) is 0 Å². The van der Waals surface area contributed by atoms with E-state index < -0.39 is 11.9 Å². The van der Waals surface area contributed by atoms with Crippen molar-refractivity contribution >= 4 is 23.7 Å². The second kappa shape index (κ2) is 10.6. The second-order valence-corrected chi connectivity index (χ2v) is 7.93. The van der Waals surface area contributed by atoms with E-state index in [4.69, 9.17) is 9.47 Å². The van der Waals surface area contributed by atoms with Crippen LogP contribution in [0.25, 0.3) is 17.1 Å². The highest BCUT2D eigenvalue weighted by Gasteiger charge is 2.17. The van der Waals surface area contributed by atoms with Gasteiger partial charge in [-0.1, -0.05) is 72.4 Å². The Morgan fingerprint density at radius 3 is 2.36 bits per heavy atom. The fourth-order valence-electron chi connectivity index (χ4n) is 3.18. The molecule has 4 aromatic rings. The van der Waals surface area contributed by atoms with Crippen molar-refractivity contribution in [2.45, 2.75) is 11.8 Å². The largest absolute Gasteiger partial charge is 0.465 e. The number of esters is 2. The van der Waals surface area contributed by atoms with Crippen LogP contribution in [0.1, 0.15) is 15.9 Å². The van der Waals surface area contributed by atoms with Crippen LogP contribution >= 0.6 is 11.8 Å². The molecule has 8 heteroatoms. The maximum atomic E-state index is 12.4. The van der Waals surface area contributed by atoms with Crippen LogP contribution in [0.3, 0.4) is 0 Å². The Kier molecular flexibility index (Phi) is 7.16. The molecule has 1 aromatic heterocycles. The lowest BCUT2D eigenvalue weighted by Crippen LogP contribution is -2.09. The summed E-state index contributed by atoms with van der Waals surface area (Å²) < 4.78 is 12.0. The molecule has 0 saturated heterocycles. The third-order valence-electron chi connectivity index (χ3n) is 4.75. The molecule has 1 heterocycles. The van der Waals surface area contributed by atoms with Crippen molar-refractivity contribution in [2.24, 2.45) is 0 Å². The lowest BCUT2D eigenvalue weighted by Gasteiger charge is -2.10. The Balaban J connectivity index is 1.46. The Bertz CT molecular complexity index is 1240. The topological polar surface area (TPSA) is 83.3 Å². The first-order valence-corrected chi connectivity index (χ1v) is 11.2. The second-order valence-electron chi connectivity index (χ2n) is 6.98. The molecule has 166 valence electrons. The summed E-state index contributed by atoms with van der Waals surface area (Å²) >= 11 is 1.25. The summed E-state index contributed by atoms with van der Waals surface area (Å²) in [7, 11) is 1.32.